The molecule has 0 aliphatic rings. The fourth-order valence-electron chi connectivity index (χ4n) is 1.72. The third-order valence-corrected chi connectivity index (χ3v) is 2.40. The van der Waals surface area contributed by atoms with Gasteiger partial charge in [0.1, 0.15) is 5.82 Å². The summed E-state index contributed by atoms with van der Waals surface area (Å²) < 4.78 is 5.19. The quantitative estimate of drug-likeness (QED) is 0.742. The molecule has 0 aliphatic heterocycles. The van der Waals surface area contributed by atoms with E-state index in [0.29, 0.717) is 17.5 Å². The van der Waals surface area contributed by atoms with Gasteiger partial charge in [-0.3, -0.25) is 5.10 Å². The van der Waals surface area contributed by atoms with Gasteiger partial charge in [0, 0.05) is 6.07 Å². The van der Waals surface area contributed by atoms with E-state index in [1.165, 1.54) is 0 Å². The number of hydrogen-bond acceptors (Lipinski definition) is 5. The van der Waals surface area contributed by atoms with Crippen molar-refractivity contribution in [2.45, 2.75) is 13.3 Å². The molecule has 0 amide bonds. The highest BCUT2D eigenvalue weighted by Crippen LogP contribution is 2.27. The first kappa shape index (κ1) is 11.3. The molecule has 0 aliphatic carbocycles. The predicted octanol–water partition coefficient (Wildman–Crippen LogP) is 1.37. The van der Waals surface area contributed by atoms with Gasteiger partial charge in [-0.05, 0) is 6.42 Å². The van der Waals surface area contributed by atoms with E-state index in [-0.39, 0.29) is 0 Å². The van der Waals surface area contributed by atoms with Crippen LogP contribution in [0.1, 0.15) is 12.6 Å². The summed E-state index contributed by atoms with van der Waals surface area (Å²) in [4.78, 5) is 4.45. The molecule has 0 aromatic carbocycles. The zero-order valence-electron chi connectivity index (χ0n) is 9.87. The molecule has 4 N–H and O–H groups in total. The van der Waals surface area contributed by atoms with Gasteiger partial charge in [-0.25, -0.2) is 4.98 Å². The fraction of sp³-hybridized carbons (Fsp3) is 0.273. The number of rotatable bonds is 4. The van der Waals surface area contributed by atoms with Crippen LogP contribution in [0.5, 0.6) is 5.88 Å². The number of ether oxygens (including phenoxy) is 1. The number of aromatic nitrogens is 3. The molecule has 6 heteroatoms. The Balaban J connectivity index is 2.59. The van der Waals surface area contributed by atoms with Crippen LogP contribution in [0.3, 0.4) is 0 Å². The Morgan fingerprint density at radius 3 is 3.00 bits per heavy atom. The fourth-order valence-corrected chi connectivity index (χ4v) is 1.72. The molecule has 17 heavy (non-hydrogen) atoms. The maximum atomic E-state index is 5.50. The van der Waals surface area contributed by atoms with Crippen molar-refractivity contribution in [3.8, 4) is 5.88 Å². The number of anilines is 1. The zero-order chi connectivity index (χ0) is 12.4. The van der Waals surface area contributed by atoms with E-state index in [1.54, 1.807) is 7.11 Å². The second kappa shape index (κ2) is 4.32. The van der Waals surface area contributed by atoms with Gasteiger partial charge in [0.25, 0.3) is 0 Å². The van der Waals surface area contributed by atoms with E-state index in [4.69, 9.17) is 10.5 Å². The minimum absolute atomic E-state index is 0.352. The molecule has 0 radical (unpaired) electrons. The van der Waals surface area contributed by atoms with Gasteiger partial charge in [-0.2, -0.15) is 0 Å². The number of fused-ring (bicyclic) bond motifs is 1. The highest BCUT2D eigenvalue weighted by molar-refractivity contribution is 5.88. The zero-order valence-corrected chi connectivity index (χ0v) is 9.87. The Morgan fingerprint density at radius 1 is 1.65 bits per heavy atom. The van der Waals surface area contributed by atoms with Crippen LogP contribution >= 0.6 is 0 Å². The first-order valence-corrected chi connectivity index (χ1v) is 5.29. The number of aromatic amines is 1. The van der Waals surface area contributed by atoms with Gasteiger partial charge in [0.05, 0.1) is 29.5 Å². The van der Waals surface area contributed by atoms with Crippen LogP contribution in [0.25, 0.3) is 10.9 Å². The molecule has 90 valence electrons. The van der Waals surface area contributed by atoms with Gasteiger partial charge < -0.3 is 15.8 Å². The maximum absolute atomic E-state index is 5.50. The summed E-state index contributed by atoms with van der Waals surface area (Å²) in [6, 6.07) is 1.82. The number of nitrogens with two attached hydrogens (primary N) is 1. The number of methoxy groups -OCH3 is 1. The van der Waals surface area contributed by atoms with Crippen LogP contribution in [-0.2, 0) is 6.42 Å². The molecule has 2 aromatic heterocycles. The largest absolute Gasteiger partial charge is 0.479 e. The van der Waals surface area contributed by atoms with Gasteiger partial charge in [0.2, 0.25) is 5.88 Å². The van der Waals surface area contributed by atoms with Crippen LogP contribution in [0.15, 0.2) is 18.5 Å². The van der Waals surface area contributed by atoms with Gasteiger partial charge in [0.15, 0.2) is 0 Å². The van der Waals surface area contributed by atoms with Gasteiger partial charge in [-0.15, -0.1) is 5.10 Å². The smallest absolute Gasteiger partial charge is 0.242 e. The Hall–Kier alpha value is -2.24. The van der Waals surface area contributed by atoms with E-state index in [0.717, 1.165) is 23.0 Å². The summed E-state index contributed by atoms with van der Waals surface area (Å²) in [6.07, 6.45) is 0.777. The summed E-state index contributed by atoms with van der Waals surface area (Å²) in [5, 5.41) is 10.8. The molecule has 2 rings (SSSR count). The SMILES string of the molecule is C=C(N)Nc1cc2[nH]nc(OC)c2c(CC)n1. The number of pyridine rings is 1. The van der Waals surface area contributed by atoms with Crippen molar-refractivity contribution in [3.63, 3.8) is 0 Å². The summed E-state index contributed by atoms with van der Waals surface area (Å²) in [6.45, 7) is 5.61. The van der Waals surface area contributed by atoms with Crippen molar-refractivity contribution in [3.05, 3.63) is 24.2 Å². The molecule has 2 aromatic rings. The molecule has 0 atom stereocenters. The molecule has 2 heterocycles. The number of nitrogens with zero attached hydrogens (tertiary/aromatic N) is 2. The lowest BCUT2D eigenvalue weighted by atomic mass is 10.2. The topological polar surface area (TPSA) is 88.8 Å². The molecular formula is C11H15N5O. The second-order valence-electron chi connectivity index (χ2n) is 3.61. The Labute approximate surface area is 98.9 Å². The lowest BCUT2D eigenvalue weighted by Gasteiger charge is -2.07. The monoisotopic (exact) mass is 233 g/mol. The van der Waals surface area contributed by atoms with Crippen molar-refractivity contribution < 1.29 is 4.74 Å². The molecule has 0 saturated heterocycles. The van der Waals surface area contributed by atoms with E-state index in [2.05, 4.69) is 27.1 Å². The Morgan fingerprint density at radius 2 is 2.41 bits per heavy atom. The standard InChI is InChI=1S/C11H15N5O/c1-4-7-10-8(15-16-11(10)17-3)5-9(14-7)13-6(2)12/h5H,2,4,12H2,1,3H3,(H,13,14)(H,15,16). The molecule has 0 spiro atoms. The normalized spacial score (nSPS) is 10.5. The van der Waals surface area contributed by atoms with Crippen LogP contribution < -0.4 is 15.8 Å². The van der Waals surface area contributed by atoms with Gasteiger partial charge in [-0.1, -0.05) is 13.5 Å². The van der Waals surface area contributed by atoms with Crippen LogP contribution in [0, 0.1) is 0 Å². The van der Waals surface area contributed by atoms with E-state index >= 15 is 0 Å². The average molecular weight is 233 g/mol. The maximum Gasteiger partial charge on any atom is 0.242 e. The molecule has 0 unspecified atom stereocenters. The Bertz CT molecular complexity index is 560. The lowest BCUT2D eigenvalue weighted by molar-refractivity contribution is 0.401. The van der Waals surface area contributed by atoms with Crippen LogP contribution in [0.2, 0.25) is 0 Å². The number of nitrogens with one attached hydrogen (secondary N) is 2. The summed E-state index contributed by atoms with van der Waals surface area (Å²) >= 11 is 0. The summed E-state index contributed by atoms with van der Waals surface area (Å²) in [5.41, 5.74) is 7.25. The van der Waals surface area contributed by atoms with Crippen molar-refractivity contribution in [1.82, 2.24) is 15.2 Å². The van der Waals surface area contributed by atoms with Gasteiger partial charge >= 0.3 is 0 Å². The number of hydrogen-bond donors (Lipinski definition) is 3. The minimum atomic E-state index is 0.352. The predicted molar refractivity (Wildman–Crippen MR) is 66.8 cm³/mol. The van der Waals surface area contributed by atoms with E-state index in [1.807, 2.05) is 13.0 Å². The molecular weight excluding hydrogens is 218 g/mol. The van der Waals surface area contributed by atoms with Crippen LogP contribution in [-0.4, -0.2) is 22.3 Å². The molecule has 6 nitrogen and oxygen atoms in total. The van der Waals surface area contributed by atoms with Crippen molar-refractivity contribution in [2.24, 2.45) is 5.73 Å². The van der Waals surface area contributed by atoms with Crippen molar-refractivity contribution in [2.75, 3.05) is 12.4 Å². The average Bonchev–Trinajstić information content (AvgIpc) is 2.70. The highest BCUT2D eigenvalue weighted by atomic mass is 16.5. The first-order valence-electron chi connectivity index (χ1n) is 5.29. The molecule has 0 fully saturated rings. The molecule has 0 saturated carbocycles. The van der Waals surface area contributed by atoms with Crippen molar-refractivity contribution in [1.29, 1.82) is 0 Å². The molecule has 0 bridgehead atoms. The third kappa shape index (κ3) is 2.01. The number of aryl methyl sites for hydroxylation is 1. The third-order valence-electron chi connectivity index (χ3n) is 2.40. The van der Waals surface area contributed by atoms with Crippen LogP contribution in [0.4, 0.5) is 5.82 Å². The lowest BCUT2D eigenvalue weighted by Crippen LogP contribution is -2.09. The number of H-pyrrole nitrogens is 1. The van der Waals surface area contributed by atoms with E-state index in [9.17, 15) is 0 Å². The Kier molecular flexibility index (Phi) is 2.86. The van der Waals surface area contributed by atoms with Crippen molar-refractivity contribution >= 4 is 16.7 Å². The summed E-state index contributed by atoms with van der Waals surface area (Å²) in [7, 11) is 1.59. The highest BCUT2D eigenvalue weighted by Gasteiger charge is 2.12. The summed E-state index contributed by atoms with van der Waals surface area (Å²) in [5.74, 6) is 1.56. The first-order chi connectivity index (χ1) is 8.15. The second-order valence-corrected chi connectivity index (χ2v) is 3.61. The van der Waals surface area contributed by atoms with E-state index < -0.39 is 0 Å². The minimum Gasteiger partial charge on any atom is -0.479 e.